The zero-order valence-electron chi connectivity index (χ0n) is 10.4. The standard InChI is InChI=1S/C13H13N5S/c1-8-16-13(18-17-8)19-12-9(6-14)7-15-11-5-3-2-4-10(11)12/h2-5,7H,6,14H2,1H3,(H,16,17,18). The van der Waals surface area contributed by atoms with Crippen LogP contribution in [0.4, 0.5) is 0 Å². The summed E-state index contributed by atoms with van der Waals surface area (Å²) in [5.74, 6) is 0.801. The Morgan fingerprint density at radius 1 is 1.32 bits per heavy atom. The van der Waals surface area contributed by atoms with Crippen molar-refractivity contribution in [1.82, 2.24) is 20.2 Å². The fourth-order valence-electron chi connectivity index (χ4n) is 1.88. The van der Waals surface area contributed by atoms with Crippen LogP contribution in [0.3, 0.4) is 0 Å². The minimum Gasteiger partial charge on any atom is -0.326 e. The van der Waals surface area contributed by atoms with Gasteiger partial charge in [0.1, 0.15) is 5.82 Å². The third kappa shape index (κ3) is 2.32. The van der Waals surface area contributed by atoms with Gasteiger partial charge in [-0.25, -0.2) is 4.98 Å². The Morgan fingerprint density at radius 2 is 2.16 bits per heavy atom. The van der Waals surface area contributed by atoms with Crippen molar-refractivity contribution < 1.29 is 0 Å². The van der Waals surface area contributed by atoms with E-state index in [1.54, 1.807) is 0 Å². The van der Waals surface area contributed by atoms with E-state index in [1.807, 2.05) is 37.4 Å². The molecule has 1 aromatic carbocycles. The first-order chi connectivity index (χ1) is 9.28. The van der Waals surface area contributed by atoms with Crippen molar-refractivity contribution in [2.24, 2.45) is 5.73 Å². The number of pyridine rings is 1. The summed E-state index contributed by atoms with van der Waals surface area (Å²) in [6.45, 7) is 2.33. The Bertz CT molecular complexity index is 722. The minimum absolute atomic E-state index is 0.448. The first-order valence-electron chi connectivity index (χ1n) is 5.91. The van der Waals surface area contributed by atoms with Crippen molar-refractivity contribution in [3.8, 4) is 0 Å². The molecular formula is C13H13N5S. The number of H-pyrrole nitrogens is 1. The molecule has 3 N–H and O–H groups in total. The minimum atomic E-state index is 0.448. The Balaban J connectivity index is 2.14. The highest BCUT2D eigenvalue weighted by Crippen LogP contribution is 2.33. The Kier molecular flexibility index (Phi) is 3.18. The van der Waals surface area contributed by atoms with Crippen LogP contribution >= 0.6 is 11.8 Å². The van der Waals surface area contributed by atoms with Gasteiger partial charge in [-0.1, -0.05) is 18.2 Å². The quantitative estimate of drug-likeness (QED) is 0.763. The fourth-order valence-corrected chi connectivity index (χ4v) is 2.89. The zero-order valence-corrected chi connectivity index (χ0v) is 11.2. The van der Waals surface area contributed by atoms with Crippen LogP contribution in [0.1, 0.15) is 11.4 Å². The molecule has 3 aromatic rings. The van der Waals surface area contributed by atoms with Crippen molar-refractivity contribution in [1.29, 1.82) is 0 Å². The van der Waals surface area contributed by atoms with Gasteiger partial charge >= 0.3 is 0 Å². The third-order valence-electron chi connectivity index (χ3n) is 2.79. The molecule has 0 aliphatic heterocycles. The number of aromatic amines is 1. The molecular weight excluding hydrogens is 258 g/mol. The van der Waals surface area contributed by atoms with Crippen LogP contribution in [0, 0.1) is 6.92 Å². The smallest absolute Gasteiger partial charge is 0.213 e. The van der Waals surface area contributed by atoms with Crippen molar-refractivity contribution in [2.75, 3.05) is 0 Å². The van der Waals surface area contributed by atoms with Crippen LogP contribution in [0.5, 0.6) is 0 Å². The van der Waals surface area contributed by atoms with Crippen molar-refractivity contribution in [3.05, 3.63) is 41.9 Å². The van der Waals surface area contributed by atoms with Crippen molar-refractivity contribution in [3.63, 3.8) is 0 Å². The molecule has 0 fully saturated rings. The number of nitrogens with one attached hydrogen (secondary N) is 1. The zero-order chi connectivity index (χ0) is 13.2. The summed E-state index contributed by atoms with van der Waals surface area (Å²) in [6.07, 6.45) is 1.82. The summed E-state index contributed by atoms with van der Waals surface area (Å²) in [4.78, 5) is 9.82. The fraction of sp³-hybridized carbons (Fsp3) is 0.154. The first-order valence-corrected chi connectivity index (χ1v) is 6.73. The van der Waals surface area contributed by atoms with Crippen LogP contribution in [0.15, 0.2) is 40.5 Å². The molecule has 19 heavy (non-hydrogen) atoms. The predicted molar refractivity (Wildman–Crippen MR) is 74.9 cm³/mol. The monoisotopic (exact) mass is 271 g/mol. The van der Waals surface area contributed by atoms with Crippen LogP contribution in [-0.4, -0.2) is 20.2 Å². The number of hydrogen-bond donors (Lipinski definition) is 2. The lowest BCUT2D eigenvalue weighted by Gasteiger charge is -2.08. The second-order valence-electron chi connectivity index (χ2n) is 4.14. The number of nitrogens with zero attached hydrogens (tertiary/aromatic N) is 3. The van der Waals surface area contributed by atoms with E-state index in [-0.39, 0.29) is 0 Å². The molecule has 0 radical (unpaired) electrons. The van der Waals surface area contributed by atoms with Gasteiger partial charge in [0.2, 0.25) is 5.16 Å². The number of nitrogens with two attached hydrogens (primary N) is 1. The number of hydrogen-bond acceptors (Lipinski definition) is 5. The first kappa shape index (κ1) is 12.1. The van der Waals surface area contributed by atoms with Crippen molar-refractivity contribution in [2.45, 2.75) is 23.5 Å². The van der Waals surface area contributed by atoms with Crippen LogP contribution in [-0.2, 0) is 6.54 Å². The van der Waals surface area contributed by atoms with Crippen LogP contribution in [0.25, 0.3) is 10.9 Å². The number of para-hydroxylation sites is 1. The van der Waals surface area contributed by atoms with E-state index in [2.05, 4.69) is 20.2 Å². The average molecular weight is 271 g/mol. The third-order valence-corrected chi connectivity index (χ3v) is 3.84. The van der Waals surface area contributed by atoms with Gasteiger partial charge in [0.25, 0.3) is 0 Å². The molecule has 6 heteroatoms. The highest BCUT2D eigenvalue weighted by atomic mass is 32.2. The normalized spacial score (nSPS) is 11.1. The van der Waals surface area contributed by atoms with Gasteiger partial charge < -0.3 is 5.73 Å². The Hall–Kier alpha value is -1.92. The molecule has 96 valence electrons. The van der Waals surface area contributed by atoms with E-state index in [1.165, 1.54) is 11.8 Å². The summed E-state index contributed by atoms with van der Waals surface area (Å²) in [6, 6.07) is 8.01. The molecule has 2 heterocycles. The average Bonchev–Trinajstić information content (AvgIpc) is 2.85. The van der Waals surface area contributed by atoms with E-state index in [0.717, 1.165) is 27.2 Å². The number of aryl methyl sites for hydroxylation is 1. The molecule has 0 spiro atoms. The molecule has 3 rings (SSSR count). The van der Waals surface area contributed by atoms with Gasteiger partial charge in [-0.15, -0.1) is 5.10 Å². The van der Waals surface area contributed by atoms with Gasteiger partial charge in [0.05, 0.1) is 5.52 Å². The maximum absolute atomic E-state index is 5.80. The lowest BCUT2D eigenvalue weighted by atomic mass is 10.1. The van der Waals surface area contributed by atoms with E-state index < -0.39 is 0 Å². The highest BCUT2D eigenvalue weighted by Gasteiger charge is 2.11. The molecule has 0 aliphatic carbocycles. The largest absolute Gasteiger partial charge is 0.326 e. The second kappa shape index (κ2) is 4.99. The van der Waals surface area contributed by atoms with Crippen LogP contribution < -0.4 is 5.73 Å². The molecule has 0 saturated carbocycles. The van der Waals surface area contributed by atoms with Crippen molar-refractivity contribution >= 4 is 22.7 Å². The molecule has 2 aromatic heterocycles. The number of rotatable bonds is 3. The molecule has 0 amide bonds. The summed E-state index contributed by atoms with van der Waals surface area (Å²) in [5, 5.41) is 8.78. The van der Waals surface area contributed by atoms with Gasteiger partial charge in [0, 0.05) is 23.0 Å². The Labute approximate surface area is 114 Å². The molecule has 0 atom stereocenters. The molecule has 0 aliphatic rings. The number of aromatic nitrogens is 4. The van der Waals surface area contributed by atoms with Gasteiger partial charge in [-0.2, -0.15) is 0 Å². The predicted octanol–water partition coefficient (Wildman–Crippen LogP) is 2.27. The van der Waals surface area contributed by atoms with E-state index in [9.17, 15) is 0 Å². The highest BCUT2D eigenvalue weighted by molar-refractivity contribution is 7.99. The molecule has 0 unspecified atom stereocenters. The van der Waals surface area contributed by atoms with E-state index in [0.29, 0.717) is 11.7 Å². The SMILES string of the molecule is Cc1nc(Sc2c(CN)cnc3ccccc23)n[nH]1. The maximum atomic E-state index is 5.80. The Morgan fingerprint density at radius 3 is 2.89 bits per heavy atom. The van der Waals surface area contributed by atoms with Gasteiger partial charge in [-0.05, 0) is 30.3 Å². The van der Waals surface area contributed by atoms with E-state index >= 15 is 0 Å². The maximum Gasteiger partial charge on any atom is 0.213 e. The van der Waals surface area contributed by atoms with Gasteiger partial charge in [0.15, 0.2) is 0 Å². The topological polar surface area (TPSA) is 80.5 Å². The lowest BCUT2D eigenvalue weighted by molar-refractivity contribution is 0.964. The van der Waals surface area contributed by atoms with Gasteiger partial charge in [-0.3, -0.25) is 10.1 Å². The summed E-state index contributed by atoms with van der Waals surface area (Å²) in [7, 11) is 0. The summed E-state index contributed by atoms with van der Waals surface area (Å²) < 4.78 is 0. The number of fused-ring (bicyclic) bond motifs is 1. The number of benzene rings is 1. The lowest BCUT2D eigenvalue weighted by Crippen LogP contribution is -2.00. The second-order valence-corrected chi connectivity index (χ2v) is 5.12. The molecule has 0 saturated heterocycles. The summed E-state index contributed by atoms with van der Waals surface area (Å²) >= 11 is 1.52. The summed E-state index contributed by atoms with van der Waals surface area (Å²) in [5.41, 5.74) is 7.76. The van der Waals surface area contributed by atoms with E-state index in [4.69, 9.17) is 5.73 Å². The molecule has 5 nitrogen and oxygen atoms in total. The molecule has 0 bridgehead atoms. The van der Waals surface area contributed by atoms with Crippen LogP contribution in [0.2, 0.25) is 0 Å².